The molecule has 0 saturated heterocycles. The van der Waals surface area contributed by atoms with Gasteiger partial charge in [-0.15, -0.1) is 0 Å². The van der Waals surface area contributed by atoms with Crippen LogP contribution in [0.15, 0.2) is 30.3 Å². The third-order valence-corrected chi connectivity index (χ3v) is 3.63. The quantitative estimate of drug-likeness (QED) is 0.594. The van der Waals surface area contributed by atoms with Crippen molar-refractivity contribution in [3.63, 3.8) is 0 Å². The van der Waals surface area contributed by atoms with Gasteiger partial charge in [-0.1, -0.05) is 38.5 Å². The molecule has 0 aromatic heterocycles. The van der Waals surface area contributed by atoms with E-state index in [1.54, 1.807) is 12.1 Å². The minimum absolute atomic E-state index is 0.0196. The number of rotatable bonds is 4. The van der Waals surface area contributed by atoms with Gasteiger partial charge in [-0.25, -0.2) is 0 Å². The van der Waals surface area contributed by atoms with Crippen molar-refractivity contribution in [2.75, 3.05) is 0 Å². The first-order valence-corrected chi connectivity index (χ1v) is 6.51. The zero-order valence-electron chi connectivity index (χ0n) is 10.9. The molecule has 1 aromatic rings. The van der Waals surface area contributed by atoms with E-state index in [1.165, 1.54) is 0 Å². The molecule has 0 amide bonds. The van der Waals surface area contributed by atoms with E-state index in [4.69, 9.17) is 4.74 Å². The minimum Gasteiger partial charge on any atom is -0.427 e. The largest absolute Gasteiger partial charge is 0.427 e. The Morgan fingerprint density at radius 2 is 2.17 bits per heavy atom. The van der Waals surface area contributed by atoms with Gasteiger partial charge in [-0.2, -0.15) is 0 Å². The second-order valence-corrected chi connectivity index (χ2v) is 5.42. The van der Waals surface area contributed by atoms with E-state index >= 15 is 0 Å². The fourth-order valence-corrected chi connectivity index (χ4v) is 2.63. The van der Waals surface area contributed by atoms with Gasteiger partial charge in [-0.05, 0) is 42.7 Å². The van der Waals surface area contributed by atoms with E-state index in [-0.39, 0.29) is 11.4 Å². The van der Waals surface area contributed by atoms with E-state index in [0.717, 1.165) is 19.3 Å². The van der Waals surface area contributed by atoms with Crippen LogP contribution in [0, 0.1) is 24.7 Å². The van der Waals surface area contributed by atoms with Gasteiger partial charge in [0.15, 0.2) is 0 Å². The average molecular weight is 244 g/mol. The van der Waals surface area contributed by atoms with Crippen LogP contribution in [-0.4, -0.2) is 5.97 Å². The molecule has 0 spiro atoms. The second-order valence-electron chi connectivity index (χ2n) is 5.42. The third kappa shape index (κ3) is 3.34. The highest BCUT2D eigenvalue weighted by Gasteiger charge is 2.36. The molecule has 1 aromatic carbocycles. The summed E-state index contributed by atoms with van der Waals surface area (Å²) >= 11 is 0. The number of para-hydroxylation sites is 1. The lowest BCUT2D eigenvalue weighted by Crippen LogP contribution is -2.21. The lowest BCUT2D eigenvalue weighted by Gasteiger charge is -2.22. The van der Waals surface area contributed by atoms with E-state index in [1.807, 2.05) is 18.2 Å². The molecule has 2 unspecified atom stereocenters. The summed E-state index contributed by atoms with van der Waals surface area (Å²) in [5, 5.41) is 0. The molecule has 2 radical (unpaired) electrons. The predicted molar refractivity (Wildman–Crippen MR) is 71.8 cm³/mol. The number of carbonyl (C=O) groups excluding carboxylic acids is 1. The van der Waals surface area contributed by atoms with Crippen LogP contribution >= 0.6 is 0 Å². The fourth-order valence-electron chi connectivity index (χ4n) is 2.63. The smallest absolute Gasteiger partial charge is 0.311 e. The molecule has 0 aliphatic heterocycles. The molecule has 0 bridgehead atoms. The molecule has 1 aliphatic carbocycles. The molecular formula is C16H20O2. The van der Waals surface area contributed by atoms with Crippen molar-refractivity contribution in [3.05, 3.63) is 43.7 Å². The molecule has 18 heavy (non-hydrogen) atoms. The molecule has 0 heterocycles. The van der Waals surface area contributed by atoms with E-state index in [0.29, 0.717) is 18.1 Å². The summed E-state index contributed by atoms with van der Waals surface area (Å²) in [7, 11) is 0. The van der Waals surface area contributed by atoms with Crippen LogP contribution in [0.3, 0.4) is 0 Å². The van der Waals surface area contributed by atoms with Crippen molar-refractivity contribution in [2.24, 2.45) is 11.3 Å². The molecular weight excluding hydrogens is 224 g/mol. The van der Waals surface area contributed by atoms with E-state index in [9.17, 15) is 4.79 Å². The lowest BCUT2D eigenvalue weighted by atomic mass is 9.84. The predicted octanol–water partition coefficient (Wildman–Crippen LogP) is 3.83. The zero-order valence-corrected chi connectivity index (χ0v) is 10.9. The number of hydrogen-bond acceptors (Lipinski definition) is 2. The third-order valence-electron chi connectivity index (χ3n) is 3.63. The Kier molecular flexibility index (Phi) is 4.05. The minimum atomic E-state index is -0.148. The van der Waals surface area contributed by atoms with Crippen molar-refractivity contribution in [3.8, 4) is 5.75 Å². The highest BCUT2D eigenvalue weighted by Crippen LogP contribution is 2.44. The van der Waals surface area contributed by atoms with Crippen molar-refractivity contribution >= 4 is 5.97 Å². The Hall–Kier alpha value is -1.31. The van der Waals surface area contributed by atoms with Gasteiger partial charge in [0, 0.05) is 0 Å². The molecule has 2 rings (SSSR count). The summed E-state index contributed by atoms with van der Waals surface area (Å²) < 4.78 is 5.34. The number of ether oxygens (including phenoxy) is 1. The van der Waals surface area contributed by atoms with Crippen LogP contribution in [0.5, 0.6) is 5.75 Å². The number of esters is 1. The monoisotopic (exact) mass is 244 g/mol. The van der Waals surface area contributed by atoms with Gasteiger partial charge in [-0.3, -0.25) is 4.79 Å². The van der Waals surface area contributed by atoms with Gasteiger partial charge in [0.1, 0.15) is 5.75 Å². The van der Waals surface area contributed by atoms with Crippen LogP contribution in [0.25, 0.3) is 0 Å². The lowest BCUT2D eigenvalue weighted by molar-refractivity contribution is -0.136. The molecule has 2 atom stereocenters. The standard InChI is InChI=1S/C16H20O2/c1-3-13-9-10-16(2,11-13)12-15(17)18-14-7-5-4-6-8-14/h4-8,10,13H,1,3,9,11-12H2,2H3. The first kappa shape index (κ1) is 13.1. The Morgan fingerprint density at radius 1 is 1.44 bits per heavy atom. The summed E-state index contributed by atoms with van der Waals surface area (Å²) in [4.78, 5) is 11.9. The summed E-state index contributed by atoms with van der Waals surface area (Å²) in [5.41, 5.74) is -0.0196. The number of carbonyl (C=O) groups is 1. The van der Waals surface area contributed by atoms with Crippen LogP contribution in [0.1, 0.15) is 32.6 Å². The van der Waals surface area contributed by atoms with Crippen LogP contribution in [-0.2, 0) is 4.79 Å². The van der Waals surface area contributed by atoms with Crippen LogP contribution in [0.2, 0.25) is 0 Å². The van der Waals surface area contributed by atoms with Crippen molar-refractivity contribution in [1.82, 2.24) is 0 Å². The Morgan fingerprint density at radius 3 is 2.78 bits per heavy atom. The molecule has 96 valence electrons. The molecule has 0 N–H and O–H groups in total. The first-order chi connectivity index (χ1) is 8.61. The molecule has 1 aliphatic rings. The second kappa shape index (κ2) is 5.55. The van der Waals surface area contributed by atoms with Gasteiger partial charge >= 0.3 is 5.97 Å². The van der Waals surface area contributed by atoms with Crippen molar-refractivity contribution < 1.29 is 9.53 Å². The Labute approximate surface area is 109 Å². The highest BCUT2D eigenvalue weighted by atomic mass is 16.5. The maximum Gasteiger partial charge on any atom is 0.311 e. The van der Waals surface area contributed by atoms with Gasteiger partial charge < -0.3 is 4.74 Å². The first-order valence-electron chi connectivity index (χ1n) is 6.51. The van der Waals surface area contributed by atoms with Gasteiger partial charge in [0.2, 0.25) is 0 Å². The number of benzene rings is 1. The summed E-state index contributed by atoms with van der Waals surface area (Å²) in [6, 6.07) is 9.24. The topological polar surface area (TPSA) is 26.3 Å². The van der Waals surface area contributed by atoms with Crippen LogP contribution in [0.4, 0.5) is 0 Å². The van der Waals surface area contributed by atoms with E-state index in [2.05, 4.69) is 20.3 Å². The average Bonchev–Trinajstić information content (AvgIpc) is 2.71. The van der Waals surface area contributed by atoms with Crippen molar-refractivity contribution in [1.29, 1.82) is 0 Å². The summed E-state index contributed by atoms with van der Waals surface area (Å²) in [5.74, 6) is 1.10. The zero-order chi connectivity index (χ0) is 13.0. The SMILES string of the molecule is [CH2]CC1C[CH]C(C)(CC(=O)Oc2ccccc2)C1. The molecule has 2 nitrogen and oxygen atoms in total. The fraction of sp³-hybridized carbons (Fsp3) is 0.438. The summed E-state index contributed by atoms with van der Waals surface area (Å²) in [6.07, 6.45) is 5.77. The maximum absolute atomic E-state index is 11.9. The Bertz CT molecular complexity index is 399. The van der Waals surface area contributed by atoms with Gasteiger partial charge in [0.05, 0.1) is 6.42 Å². The van der Waals surface area contributed by atoms with Gasteiger partial charge in [0.25, 0.3) is 0 Å². The molecule has 1 saturated carbocycles. The summed E-state index contributed by atoms with van der Waals surface area (Å²) in [6.45, 7) is 6.08. The maximum atomic E-state index is 11.9. The van der Waals surface area contributed by atoms with Crippen molar-refractivity contribution in [2.45, 2.75) is 32.6 Å². The Balaban J connectivity index is 1.88. The normalized spacial score (nSPS) is 27.1. The molecule has 1 fully saturated rings. The number of hydrogen-bond donors (Lipinski definition) is 0. The molecule has 2 heteroatoms. The van der Waals surface area contributed by atoms with Crippen LogP contribution < -0.4 is 4.74 Å². The van der Waals surface area contributed by atoms with E-state index < -0.39 is 0 Å². The highest BCUT2D eigenvalue weighted by molar-refractivity contribution is 5.73.